The standard InChI is InChI=1S/C20H21BrN6O/c1-22-20-17(12-16(24-25-20)15-4-2-3-5-18(15)28)26-8-10-27(11-9-26)19-7-6-14(21)13-23-19/h2-7,12-13,28H,8-11H2,1H3,(H,22,25). The smallest absolute Gasteiger partial charge is 0.172 e. The Balaban J connectivity index is 1.56. The molecule has 1 aliphatic heterocycles. The Labute approximate surface area is 172 Å². The summed E-state index contributed by atoms with van der Waals surface area (Å²) in [6.45, 7) is 3.43. The van der Waals surface area contributed by atoms with E-state index in [9.17, 15) is 5.11 Å². The Bertz CT molecular complexity index is 957. The third-order valence-corrected chi connectivity index (χ3v) is 5.32. The monoisotopic (exact) mass is 440 g/mol. The molecule has 1 fully saturated rings. The summed E-state index contributed by atoms with van der Waals surface area (Å²) in [5.41, 5.74) is 2.32. The summed E-state index contributed by atoms with van der Waals surface area (Å²) in [6.07, 6.45) is 1.83. The summed E-state index contributed by atoms with van der Waals surface area (Å²) in [5.74, 6) is 1.92. The van der Waals surface area contributed by atoms with E-state index < -0.39 is 0 Å². The zero-order chi connectivity index (χ0) is 19.5. The molecule has 1 saturated heterocycles. The summed E-state index contributed by atoms with van der Waals surface area (Å²) < 4.78 is 0.980. The molecular formula is C20H21BrN6O. The normalized spacial score (nSPS) is 14.2. The van der Waals surface area contributed by atoms with Gasteiger partial charge in [0.2, 0.25) is 0 Å². The largest absolute Gasteiger partial charge is 0.507 e. The minimum absolute atomic E-state index is 0.200. The van der Waals surface area contributed by atoms with Gasteiger partial charge in [-0.1, -0.05) is 12.1 Å². The summed E-state index contributed by atoms with van der Waals surface area (Å²) in [6, 6.07) is 13.2. The van der Waals surface area contributed by atoms with E-state index in [4.69, 9.17) is 0 Å². The van der Waals surface area contributed by atoms with Crippen LogP contribution >= 0.6 is 15.9 Å². The van der Waals surface area contributed by atoms with Gasteiger partial charge in [-0.15, -0.1) is 10.2 Å². The molecule has 0 bridgehead atoms. The van der Waals surface area contributed by atoms with Gasteiger partial charge in [0.15, 0.2) is 5.82 Å². The van der Waals surface area contributed by atoms with Crippen LogP contribution in [0.4, 0.5) is 17.3 Å². The number of nitrogens with one attached hydrogen (secondary N) is 1. The van der Waals surface area contributed by atoms with Gasteiger partial charge >= 0.3 is 0 Å². The minimum atomic E-state index is 0.200. The Morgan fingerprint density at radius 2 is 1.75 bits per heavy atom. The van der Waals surface area contributed by atoms with Gasteiger partial charge in [0.05, 0.1) is 11.4 Å². The Hall–Kier alpha value is -2.87. The van der Waals surface area contributed by atoms with Crippen LogP contribution in [0.5, 0.6) is 5.75 Å². The average Bonchev–Trinajstić information content (AvgIpc) is 2.74. The van der Waals surface area contributed by atoms with Crippen LogP contribution in [0.3, 0.4) is 0 Å². The maximum atomic E-state index is 10.2. The second kappa shape index (κ2) is 8.02. The van der Waals surface area contributed by atoms with E-state index in [0.717, 1.165) is 48.0 Å². The van der Waals surface area contributed by atoms with E-state index in [-0.39, 0.29) is 5.75 Å². The van der Waals surface area contributed by atoms with Crippen molar-refractivity contribution in [1.29, 1.82) is 0 Å². The Morgan fingerprint density at radius 3 is 2.43 bits per heavy atom. The first-order valence-electron chi connectivity index (χ1n) is 9.11. The van der Waals surface area contributed by atoms with E-state index in [0.29, 0.717) is 11.3 Å². The van der Waals surface area contributed by atoms with Crippen LogP contribution in [0.25, 0.3) is 11.3 Å². The molecule has 0 amide bonds. The van der Waals surface area contributed by atoms with Gasteiger partial charge < -0.3 is 20.2 Å². The van der Waals surface area contributed by atoms with Gasteiger partial charge in [-0.05, 0) is 46.3 Å². The maximum Gasteiger partial charge on any atom is 0.172 e. The number of benzene rings is 1. The molecule has 4 rings (SSSR count). The molecule has 144 valence electrons. The molecule has 3 aromatic rings. The lowest BCUT2D eigenvalue weighted by molar-refractivity contribution is 0.477. The third kappa shape index (κ3) is 3.73. The second-order valence-electron chi connectivity index (χ2n) is 6.54. The number of para-hydroxylation sites is 1. The highest BCUT2D eigenvalue weighted by atomic mass is 79.9. The predicted octanol–water partition coefficient (Wildman–Crippen LogP) is 3.38. The molecule has 8 heteroatoms. The number of hydrogen-bond donors (Lipinski definition) is 2. The number of piperazine rings is 1. The lowest BCUT2D eigenvalue weighted by Crippen LogP contribution is -2.47. The first kappa shape index (κ1) is 18.5. The molecule has 7 nitrogen and oxygen atoms in total. The van der Waals surface area contributed by atoms with Crippen molar-refractivity contribution in [2.75, 3.05) is 48.3 Å². The second-order valence-corrected chi connectivity index (χ2v) is 7.45. The first-order chi connectivity index (χ1) is 13.7. The first-order valence-corrected chi connectivity index (χ1v) is 9.90. The summed E-state index contributed by atoms with van der Waals surface area (Å²) in [5, 5.41) is 21.9. The number of nitrogens with zero attached hydrogens (tertiary/aromatic N) is 5. The molecule has 2 aromatic heterocycles. The van der Waals surface area contributed by atoms with Crippen molar-refractivity contribution in [3.05, 3.63) is 53.1 Å². The molecule has 1 aromatic carbocycles. The van der Waals surface area contributed by atoms with Crippen LogP contribution < -0.4 is 15.1 Å². The van der Waals surface area contributed by atoms with Crippen molar-refractivity contribution in [2.24, 2.45) is 0 Å². The molecule has 0 radical (unpaired) electrons. The van der Waals surface area contributed by atoms with Gasteiger partial charge in [-0.25, -0.2) is 4.98 Å². The van der Waals surface area contributed by atoms with Crippen LogP contribution in [0, 0.1) is 0 Å². The minimum Gasteiger partial charge on any atom is -0.507 e. The fourth-order valence-corrected chi connectivity index (χ4v) is 3.59. The van der Waals surface area contributed by atoms with Gasteiger partial charge in [0, 0.05) is 49.5 Å². The average molecular weight is 441 g/mol. The number of aromatic hydroxyl groups is 1. The number of aromatic nitrogens is 3. The van der Waals surface area contributed by atoms with Crippen LogP contribution in [0.15, 0.2) is 53.1 Å². The van der Waals surface area contributed by atoms with E-state index >= 15 is 0 Å². The quantitative estimate of drug-likeness (QED) is 0.643. The van der Waals surface area contributed by atoms with Crippen molar-refractivity contribution >= 4 is 33.3 Å². The Kier molecular flexibility index (Phi) is 5.29. The van der Waals surface area contributed by atoms with Gasteiger partial charge in [-0.2, -0.15) is 0 Å². The zero-order valence-electron chi connectivity index (χ0n) is 15.5. The topological polar surface area (TPSA) is 77.4 Å². The molecule has 3 heterocycles. The molecule has 0 aliphatic carbocycles. The number of halogens is 1. The molecule has 0 spiro atoms. The van der Waals surface area contributed by atoms with Crippen LogP contribution in [-0.2, 0) is 0 Å². The van der Waals surface area contributed by atoms with E-state index in [1.807, 2.05) is 43.6 Å². The number of phenolic OH excluding ortho intramolecular Hbond substituents is 1. The van der Waals surface area contributed by atoms with Crippen LogP contribution in [0.1, 0.15) is 0 Å². The number of rotatable bonds is 4. The van der Waals surface area contributed by atoms with Gasteiger partial charge in [-0.3, -0.25) is 0 Å². The molecular weight excluding hydrogens is 420 g/mol. The number of hydrogen-bond acceptors (Lipinski definition) is 7. The predicted molar refractivity (Wildman–Crippen MR) is 115 cm³/mol. The fraction of sp³-hybridized carbons (Fsp3) is 0.250. The highest BCUT2D eigenvalue weighted by molar-refractivity contribution is 9.10. The fourth-order valence-electron chi connectivity index (χ4n) is 3.35. The van der Waals surface area contributed by atoms with Gasteiger partial charge in [0.1, 0.15) is 11.6 Å². The van der Waals surface area contributed by atoms with Crippen LogP contribution in [-0.4, -0.2) is 53.5 Å². The van der Waals surface area contributed by atoms with Crippen molar-refractivity contribution in [2.45, 2.75) is 0 Å². The number of anilines is 3. The summed E-state index contributed by atoms with van der Waals surface area (Å²) >= 11 is 3.43. The number of pyridine rings is 1. The molecule has 0 unspecified atom stereocenters. The molecule has 0 saturated carbocycles. The van der Waals surface area contributed by atoms with E-state index in [2.05, 4.69) is 46.2 Å². The van der Waals surface area contributed by atoms with Crippen molar-refractivity contribution < 1.29 is 5.11 Å². The van der Waals surface area contributed by atoms with Gasteiger partial charge in [0.25, 0.3) is 0 Å². The summed E-state index contributed by atoms with van der Waals surface area (Å²) in [7, 11) is 1.84. The maximum absolute atomic E-state index is 10.2. The summed E-state index contributed by atoms with van der Waals surface area (Å²) in [4.78, 5) is 9.06. The molecule has 2 N–H and O–H groups in total. The van der Waals surface area contributed by atoms with Crippen LogP contribution in [0.2, 0.25) is 0 Å². The van der Waals surface area contributed by atoms with Crippen molar-refractivity contribution in [1.82, 2.24) is 15.2 Å². The zero-order valence-corrected chi connectivity index (χ0v) is 17.1. The van der Waals surface area contributed by atoms with Crippen molar-refractivity contribution in [3.63, 3.8) is 0 Å². The lowest BCUT2D eigenvalue weighted by Gasteiger charge is -2.37. The van der Waals surface area contributed by atoms with E-state index in [1.165, 1.54) is 0 Å². The van der Waals surface area contributed by atoms with Crippen molar-refractivity contribution in [3.8, 4) is 17.0 Å². The highest BCUT2D eigenvalue weighted by Gasteiger charge is 2.22. The third-order valence-electron chi connectivity index (χ3n) is 4.85. The number of phenols is 1. The SMILES string of the molecule is CNc1nnc(-c2ccccc2O)cc1N1CCN(c2ccc(Br)cn2)CC1. The van der Waals surface area contributed by atoms with E-state index in [1.54, 1.807) is 12.1 Å². The molecule has 28 heavy (non-hydrogen) atoms. The molecule has 1 aliphatic rings. The molecule has 0 atom stereocenters. The lowest BCUT2D eigenvalue weighted by atomic mass is 10.1. The highest BCUT2D eigenvalue weighted by Crippen LogP contribution is 2.32. The Morgan fingerprint density at radius 1 is 1.00 bits per heavy atom.